The first-order valence-electron chi connectivity index (χ1n) is 8.83. The molecular weight excluding hydrogens is 427 g/mol. The number of alkyl halides is 1. The summed E-state index contributed by atoms with van der Waals surface area (Å²) >= 11 is 2.28. The number of rotatable bonds is 20. The van der Waals surface area contributed by atoms with E-state index in [0.29, 0.717) is 72.0 Å². The van der Waals surface area contributed by atoms with E-state index in [4.69, 9.17) is 28.4 Å². The topological polar surface area (TPSA) is 55.4 Å². The zero-order valence-corrected chi connectivity index (χ0v) is 17.5. The fourth-order valence-electron chi connectivity index (χ4n) is 1.56. The number of hydrogen-bond donors (Lipinski definition) is 0. The van der Waals surface area contributed by atoms with Gasteiger partial charge in [0.1, 0.15) is 0 Å². The molecule has 0 N–H and O–H groups in total. The maximum atomic E-state index is 5.50. The molecule has 0 aromatic rings. The van der Waals surface area contributed by atoms with E-state index < -0.39 is 0 Å². The first-order chi connectivity index (χ1) is 11.8. The van der Waals surface area contributed by atoms with Crippen LogP contribution in [0.4, 0.5) is 0 Å². The normalized spacial score (nSPS) is 12.6. The van der Waals surface area contributed by atoms with E-state index in [1.807, 2.05) is 0 Å². The summed E-state index contributed by atoms with van der Waals surface area (Å²) < 4.78 is 33.4. The van der Waals surface area contributed by atoms with Crippen LogP contribution in [0.1, 0.15) is 20.3 Å². The summed E-state index contributed by atoms with van der Waals surface area (Å²) in [5.74, 6) is 0.618. The van der Waals surface area contributed by atoms with E-state index in [1.165, 1.54) is 0 Å². The Hall–Kier alpha value is 0.490. The summed E-state index contributed by atoms with van der Waals surface area (Å²) in [5, 5.41) is 0. The first-order valence-corrected chi connectivity index (χ1v) is 10.4. The molecule has 0 heterocycles. The standard InChI is InChI=1S/C17H35IO6/c1-3-17(2)16-24-15-14-23-13-12-22-11-10-21-9-8-20-7-6-19-5-4-18/h17H,3-16H2,1-2H3. The molecule has 1 unspecified atom stereocenters. The molecule has 0 aliphatic heterocycles. The lowest BCUT2D eigenvalue weighted by molar-refractivity contribution is -0.0175. The van der Waals surface area contributed by atoms with Crippen LogP contribution in [0.5, 0.6) is 0 Å². The largest absolute Gasteiger partial charge is 0.379 e. The minimum atomic E-state index is 0.576. The summed E-state index contributed by atoms with van der Waals surface area (Å²) in [6.07, 6.45) is 1.15. The lowest BCUT2D eigenvalue weighted by Crippen LogP contribution is -2.14. The Morgan fingerprint density at radius 1 is 0.583 bits per heavy atom. The van der Waals surface area contributed by atoms with Crippen molar-refractivity contribution in [3.63, 3.8) is 0 Å². The molecule has 6 nitrogen and oxygen atoms in total. The van der Waals surface area contributed by atoms with Crippen molar-refractivity contribution in [2.45, 2.75) is 20.3 Å². The molecule has 0 saturated carbocycles. The second kappa shape index (κ2) is 21.5. The smallest absolute Gasteiger partial charge is 0.0701 e. The minimum Gasteiger partial charge on any atom is -0.379 e. The van der Waals surface area contributed by atoms with Gasteiger partial charge in [0.15, 0.2) is 0 Å². The van der Waals surface area contributed by atoms with Gasteiger partial charge in [-0.2, -0.15) is 0 Å². The Morgan fingerprint density at radius 2 is 0.917 bits per heavy atom. The molecule has 146 valence electrons. The highest BCUT2D eigenvalue weighted by Gasteiger charge is 1.98. The van der Waals surface area contributed by atoms with Crippen LogP contribution in [0.15, 0.2) is 0 Å². The Balaban J connectivity index is 2.98. The van der Waals surface area contributed by atoms with E-state index in [1.54, 1.807) is 0 Å². The van der Waals surface area contributed by atoms with Crippen LogP contribution in [0.2, 0.25) is 0 Å². The Morgan fingerprint density at radius 3 is 1.25 bits per heavy atom. The Kier molecular flexibility index (Phi) is 22.0. The van der Waals surface area contributed by atoms with Gasteiger partial charge in [-0.15, -0.1) is 0 Å². The molecule has 0 spiro atoms. The molecular formula is C17H35IO6. The molecule has 24 heavy (non-hydrogen) atoms. The van der Waals surface area contributed by atoms with Crippen molar-refractivity contribution in [1.29, 1.82) is 0 Å². The van der Waals surface area contributed by atoms with Crippen LogP contribution < -0.4 is 0 Å². The SMILES string of the molecule is CCC(C)COCCOCCOCCOCCOCCOCCI. The molecule has 0 rings (SSSR count). The summed E-state index contributed by atoms with van der Waals surface area (Å²) in [6, 6.07) is 0. The fourth-order valence-corrected chi connectivity index (χ4v) is 1.87. The maximum Gasteiger partial charge on any atom is 0.0701 e. The van der Waals surface area contributed by atoms with Crippen LogP contribution in [0, 0.1) is 5.92 Å². The van der Waals surface area contributed by atoms with E-state index in [0.717, 1.165) is 24.1 Å². The molecule has 0 radical (unpaired) electrons. The van der Waals surface area contributed by atoms with Crippen molar-refractivity contribution in [2.24, 2.45) is 5.92 Å². The van der Waals surface area contributed by atoms with Gasteiger partial charge < -0.3 is 28.4 Å². The first kappa shape index (κ1) is 24.5. The second-order valence-corrected chi connectivity index (χ2v) is 6.42. The lowest BCUT2D eigenvalue weighted by Gasteiger charge is -2.10. The zero-order valence-electron chi connectivity index (χ0n) is 15.3. The molecule has 0 aliphatic rings. The van der Waals surface area contributed by atoms with Crippen molar-refractivity contribution >= 4 is 22.6 Å². The molecule has 0 aromatic carbocycles. The zero-order chi connectivity index (χ0) is 17.7. The molecule has 1 atom stereocenters. The summed E-state index contributed by atoms with van der Waals surface area (Å²) in [4.78, 5) is 0. The van der Waals surface area contributed by atoms with Crippen molar-refractivity contribution in [1.82, 2.24) is 0 Å². The lowest BCUT2D eigenvalue weighted by atomic mass is 10.1. The van der Waals surface area contributed by atoms with Crippen LogP contribution in [-0.4, -0.2) is 83.7 Å². The van der Waals surface area contributed by atoms with Crippen molar-refractivity contribution in [3.05, 3.63) is 0 Å². The highest BCUT2D eigenvalue weighted by Crippen LogP contribution is 1.99. The van der Waals surface area contributed by atoms with Gasteiger partial charge in [0.25, 0.3) is 0 Å². The van der Waals surface area contributed by atoms with Crippen molar-refractivity contribution in [2.75, 3.05) is 83.7 Å². The number of halogens is 1. The van der Waals surface area contributed by atoms with E-state index in [-0.39, 0.29) is 0 Å². The molecule has 0 amide bonds. The number of hydrogen-bond acceptors (Lipinski definition) is 6. The molecule has 0 aliphatic carbocycles. The van der Waals surface area contributed by atoms with Gasteiger partial charge in [-0.05, 0) is 5.92 Å². The Bertz CT molecular complexity index is 233. The van der Waals surface area contributed by atoms with Gasteiger partial charge in [0.2, 0.25) is 0 Å². The van der Waals surface area contributed by atoms with Gasteiger partial charge in [-0.1, -0.05) is 42.9 Å². The monoisotopic (exact) mass is 462 g/mol. The molecule has 0 fully saturated rings. The number of ether oxygens (including phenoxy) is 6. The third-order valence-corrected chi connectivity index (χ3v) is 3.62. The highest BCUT2D eigenvalue weighted by molar-refractivity contribution is 14.1. The summed E-state index contributed by atoms with van der Waals surface area (Å²) in [6.45, 7) is 12.0. The third-order valence-electron chi connectivity index (χ3n) is 3.18. The van der Waals surface area contributed by atoms with E-state index in [9.17, 15) is 0 Å². The fraction of sp³-hybridized carbons (Fsp3) is 1.00. The van der Waals surface area contributed by atoms with Gasteiger partial charge >= 0.3 is 0 Å². The molecule has 0 saturated heterocycles. The average Bonchev–Trinajstić information content (AvgIpc) is 2.60. The average molecular weight is 462 g/mol. The van der Waals surface area contributed by atoms with Crippen LogP contribution in [0.3, 0.4) is 0 Å². The van der Waals surface area contributed by atoms with Crippen molar-refractivity contribution < 1.29 is 28.4 Å². The predicted molar refractivity (Wildman–Crippen MR) is 103 cm³/mol. The molecule has 7 heteroatoms. The summed E-state index contributed by atoms with van der Waals surface area (Å²) in [7, 11) is 0. The second-order valence-electron chi connectivity index (χ2n) is 5.34. The molecule has 0 aromatic heterocycles. The quantitative estimate of drug-likeness (QED) is 0.158. The maximum absolute atomic E-state index is 5.50. The third kappa shape index (κ3) is 20.5. The van der Waals surface area contributed by atoms with Crippen molar-refractivity contribution in [3.8, 4) is 0 Å². The Labute approximate surface area is 161 Å². The molecule has 0 bridgehead atoms. The minimum absolute atomic E-state index is 0.576. The van der Waals surface area contributed by atoms with Gasteiger partial charge in [0.05, 0.1) is 72.7 Å². The van der Waals surface area contributed by atoms with Crippen LogP contribution in [0.25, 0.3) is 0 Å². The summed E-state index contributed by atoms with van der Waals surface area (Å²) in [5.41, 5.74) is 0. The van der Waals surface area contributed by atoms with Gasteiger partial charge in [-0.25, -0.2) is 0 Å². The highest BCUT2D eigenvalue weighted by atomic mass is 127. The van der Waals surface area contributed by atoms with Crippen LogP contribution in [-0.2, 0) is 28.4 Å². The van der Waals surface area contributed by atoms with E-state index >= 15 is 0 Å². The van der Waals surface area contributed by atoms with Gasteiger partial charge in [-0.3, -0.25) is 0 Å². The van der Waals surface area contributed by atoms with E-state index in [2.05, 4.69) is 36.4 Å². The predicted octanol–water partition coefficient (Wildman–Crippen LogP) is 2.57. The van der Waals surface area contributed by atoms with Gasteiger partial charge in [0, 0.05) is 11.0 Å². The van der Waals surface area contributed by atoms with Crippen LogP contribution >= 0.6 is 22.6 Å².